The summed E-state index contributed by atoms with van der Waals surface area (Å²) >= 11 is 0. The molecular formula is C22H21FN4O6. The van der Waals surface area contributed by atoms with Gasteiger partial charge in [0.15, 0.2) is 24.8 Å². The van der Waals surface area contributed by atoms with Gasteiger partial charge in [-0.1, -0.05) is 0 Å². The number of methoxy groups -OCH3 is 2. The summed E-state index contributed by atoms with van der Waals surface area (Å²) in [5.41, 5.74) is 1.18. The molecule has 0 radical (unpaired) electrons. The lowest BCUT2D eigenvalue weighted by molar-refractivity contribution is -0.143. The van der Waals surface area contributed by atoms with Crippen molar-refractivity contribution in [1.82, 2.24) is 9.97 Å². The van der Waals surface area contributed by atoms with E-state index in [0.29, 0.717) is 22.9 Å². The summed E-state index contributed by atoms with van der Waals surface area (Å²) in [6.45, 7) is -0.408. The molecule has 10 nitrogen and oxygen atoms in total. The minimum Gasteiger partial charge on any atom is -0.482 e. The standard InChI is InChI=1S/C22H21FN4O6/c1-30-19(28)12-32-16-7-3-14(4-8-16)25-21-18(23)11-24-22(27-21)26-15-5-9-17(10-6-15)33-13-20(29)31-2/h3-11H,12-13H2,1-2H3,(H2,24,25,26,27). The maximum Gasteiger partial charge on any atom is 0.343 e. The Labute approximate surface area is 188 Å². The van der Waals surface area contributed by atoms with Crippen LogP contribution in [0.4, 0.5) is 27.5 Å². The van der Waals surface area contributed by atoms with Crippen LogP contribution in [0.3, 0.4) is 0 Å². The van der Waals surface area contributed by atoms with Gasteiger partial charge in [0.1, 0.15) is 11.5 Å². The van der Waals surface area contributed by atoms with E-state index < -0.39 is 17.8 Å². The number of aromatic nitrogens is 2. The number of hydrogen-bond donors (Lipinski definition) is 2. The summed E-state index contributed by atoms with van der Waals surface area (Å²) in [4.78, 5) is 30.4. The lowest BCUT2D eigenvalue weighted by Crippen LogP contribution is -2.12. The zero-order valence-electron chi connectivity index (χ0n) is 17.8. The molecule has 0 aliphatic heterocycles. The number of benzene rings is 2. The fraction of sp³-hybridized carbons (Fsp3) is 0.182. The van der Waals surface area contributed by atoms with Crippen LogP contribution >= 0.6 is 0 Å². The highest BCUT2D eigenvalue weighted by Gasteiger charge is 2.09. The quantitative estimate of drug-likeness (QED) is 0.440. The highest BCUT2D eigenvalue weighted by Crippen LogP contribution is 2.23. The molecule has 1 heterocycles. The topological polar surface area (TPSA) is 121 Å². The van der Waals surface area contributed by atoms with Crippen LogP contribution in [-0.4, -0.2) is 49.3 Å². The summed E-state index contributed by atoms with van der Waals surface area (Å²) in [7, 11) is 2.55. The van der Waals surface area contributed by atoms with Gasteiger partial charge in [0.25, 0.3) is 0 Å². The number of nitrogens with one attached hydrogen (secondary N) is 2. The minimum atomic E-state index is -0.641. The van der Waals surface area contributed by atoms with Crippen molar-refractivity contribution in [3.8, 4) is 11.5 Å². The molecule has 3 aromatic rings. The maximum atomic E-state index is 14.2. The average molecular weight is 456 g/mol. The summed E-state index contributed by atoms with van der Waals surface area (Å²) in [5.74, 6) is -0.557. The molecule has 0 fully saturated rings. The van der Waals surface area contributed by atoms with Crippen molar-refractivity contribution < 1.29 is 32.9 Å². The molecule has 0 saturated carbocycles. The second kappa shape index (κ2) is 11.3. The zero-order valence-corrected chi connectivity index (χ0v) is 17.8. The van der Waals surface area contributed by atoms with E-state index in [-0.39, 0.29) is 25.0 Å². The van der Waals surface area contributed by atoms with E-state index in [1.165, 1.54) is 14.2 Å². The molecule has 33 heavy (non-hydrogen) atoms. The number of halogens is 1. The first-order chi connectivity index (χ1) is 16.0. The van der Waals surface area contributed by atoms with Crippen LogP contribution in [0.1, 0.15) is 0 Å². The van der Waals surface area contributed by atoms with Crippen LogP contribution in [0.15, 0.2) is 54.7 Å². The number of carbonyl (C=O) groups excluding carboxylic acids is 2. The molecule has 0 bridgehead atoms. The molecule has 172 valence electrons. The molecule has 0 aliphatic carbocycles. The molecular weight excluding hydrogens is 435 g/mol. The third-order valence-corrected chi connectivity index (χ3v) is 4.14. The maximum absolute atomic E-state index is 14.2. The van der Waals surface area contributed by atoms with Crippen LogP contribution in [-0.2, 0) is 19.1 Å². The van der Waals surface area contributed by atoms with Crippen LogP contribution in [0.25, 0.3) is 0 Å². The van der Waals surface area contributed by atoms with Crippen LogP contribution < -0.4 is 20.1 Å². The smallest absolute Gasteiger partial charge is 0.343 e. The van der Waals surface area contributed by atoms with Crippen molar-refractivity contribution >= 4 is 35.1 Å². The molecule has 0 aliphatic rings. The number of anilines is 4. The summed E-state index contributed by atoms with van der Waals surface area (Å²) < 4.78 is 33.8. The Hall–Kier alpha value is -4.41. The Bertz CT molecular complexity index is 1090. The summed E-state index contributed by atoms with van der Waals surface area (Å²) in [5, 5.41) is 5.83. The number of carbonyl (C=O) groups is 2. The van der Waals surface area contributed by atoms with E-state index in [0.717, 1.165) is 6.20 Å². The zero-order chi connectivity index (χ0) is 23.6. The molecule has 1 aromatic heterocycles. The van der Waals surface area contributed by atoms with E-state index in [9.17, 15) is 14.0 Å². The van der Waals surface area contributed by atoms with Gasteiger partial charge >= 0.3 is 11.9 Å². The second-order valence-corrected chi connectivity index (χ2v) is 6.42. The van der Waals surface area contributed by atoms with Crippen molar-refractivity contribution in [3.05, 3.63) is 60.5 Å². The van der Waals surface area contributed by atoms with Crippen LogP contribution in [0.5, 0.6) is 11.5 Å². The van der Waals surface area contributed by atoms with E-state index in [1.54, 1.807) is 48.5 Å². The number of esters is 2. The number of nitrogens with zero attached hydrogens (tertiary/aromatic N) is 2. The van der Waals surface area contributed by atoms with Gasteiger partial charge in [-0.2, -0.15) is 4.98 Å². The molecule has 11 heteroatoms. The Kier molecular flexibility index (Phi) is 7.95. The average Bonchev–Trinajstić information content (AvgIpc) is 2.84. The number of ether oxygens (including phenoxy) is 4. The van der Waals surface area contributed by atoms with Gasteiger partial charge < -0.3 is 29.6 Å². The van der Waals surface area contributed by atoms with Gasteiger partial charge in [0.2, 0.25) is 5.95 Å². The normalized spacial score (nSPS) is 10.2. The molecule has 0 spiro atoms. The minimum absolute atomic E-state index is 0.0336. The van der Waals surface area contributed by atoms with E-state index in [4.69, 9.17) is 9.47 Å². The second-order valence-electron chi connectivity index (χ2n) is 6.42. The molecule has 0 atom stereocenters. The van der Waals surface area contributed by atoms with Crippen molar-refractivity contribution in [2.75, 3.05) is 38.1 Å². The lowest BCUT2D eigenvalue weighted by atomic mass is 10.3. The first kappa shape index (κ1) is 23.3. The molecule has 2 aromatic carbocycles. The first-order valence-corrected chi connectivity index (χ1v) is 9.63. The van der Waals surface area contributed by atoms with Crippen LogP contribution in [0, 0.1) is 5.82 Å². The SMILES string of the molecule is COC(=O)COc1ccc(Nc2ncc(F)c(Nc3ccc(OCC(=O)OC)cc3)n2)cc1. The van der Waals surface area contributed by atoms with Crippen molar-refractivity contribution in [1.29, 1.82) is 0 Å². The van der Waals surface area contributed by atoms with Crippen molar-refractivity contribution in [2.24, 2.45) is 0 Å². The summed E-state index contributed by atoms with van der Waals surface area (Å²) in [6.07, 6.45) is 1.04. The van der Waals surface area contributed by atoms with E-state index >= 15 is 0 Å². The monoisotopic (exact) mass is 456 g/mol. The Balaban J connectivity index is 1.61. The Morgan fingerprint density at radius 3 is 1.79 bits per heavy atom. The third-order valence-electron chi connectivity index (χ3n) is 4.14. The van der Waals surface area contributed by atoms with Crippen molar-refractivity contribution in [2.45, 2.75) is 0 Å². The van der Waals surface area contributed by atoms with Gasteiger partial charge in [-0.25, -0.2) is 19.0 Å². The van der Waals surface area contributed by atoms with Gasteiger partial charge in [-0.15, -0.1) is 0 Å². The van der Waals surface area contributed by atoms with E-state index in [2.05, 4.69) is 30.1 Å². The van der Waals surface area contributed by atoms with Crippen molar-refractivity contribution in [3.63, 3.8) is 0 Å². The first-order valence-electron chi connectivity index (χ1n) is 9.63. The van der Waals surface area contributed by atoms with Gasteiger partial charge in [0, 0.05) is 11.4 Å². The van der Waals surface area contributed by atoms with Gasteiger partial charge in [-0.05, 0) is 48.5 Å². The molecule has 3 rings (SSSR count). The van der Waals surface area contributed by atoms with Gasteiger partial charge in [-0.3, -0.25) is 0 Å². The highest BCUT2D eigenvalue weighted by atomic mass is 19.1. The molecule has 0 unspecified atom stereocenters. The highest BCUT2D eigenvalue weighted by molar-refractivity contribution is 5.71. The fourth-order valence-corrected chi connectivity index (χ4v) is 2.45. The Morgan fingerprint density at radius 1 is 0.818 bits per heavy atom. The Morgan fingerprint density at radius 2 is 1.30 bits per heavy atom. The fourth-order valence-electron chi connectivity index (χ4n) is 2.45. The number of rotatable bonds is 10. The van der Waals surface area contributed by atoms with Crippen LogP contribution in [0.2, 0.25) is 0 Å². The summed E-state index contributed by atoms with van der Waals surface area (Å²) in [6, 6.07) is 13.2. The largest absolute Gasteiger partial charge is 0.482 e. The predicted octanol–water partition coefficient (Wildman–Crippen LogP) is 3.21. The third kappa shape index (κ3) is 7.06. The number of hydrogen-bond acceptors (Lipinski definition) is 10. The molecule has 2 N–H and O–H groups in total. The molecule has 0 amide bonds. The molecule has 0 saturated heterocycles. The predicted molar refractivity (Wildman–Crippen MR) is 116 cm³/mol. The van der Waals surface area contributed by atoms with E-state index in [1.807, 2.05) is 0 Å². The lowest BCUT2D eigenvalue weighted by Gasteiger charge is -2.11. The van der Waals surface area contributed by atoms with Gasteiger partial charge in [0.05, 0.1) is 20.4 Å².